The van der Waals surface area contributed by atoms with Gasteiger partial charge in [0.2, 0.25) is 0 Å². The van der Waals surface area contributed by atoms with Crippen LogP contribution >= 0.6 is 0 Å². The fraction of sp³-hybridized carbons (Fsp3) is 0.235. The van der Waals surface area contributed by atoms with E-state index < -0.39 is 11.7 Å². The lowest BCUT2D eigenvalue weighted by Gasteiger charge is -2.14. The van der Waals surface area contributed by atoms with Crippen LogP contribution < -0.4 is 4.74 Å². The molecule has 1 aliphatic carbocycles. The van der Waals surface area contributed by atoms with Crippen LogP contribution in [0.25, 0.3) is 11.1 Å². The molecule has 1 aliphatic rings. The SMILES string of the molecule is COc1cc(-c2cccc3c2CCC3=O)cc(C(F)(F)F)c1. The van der Waals surface area contributed by atoms with Crippen molar-refractivity contribution in [1.82, 2.24) is 0 Å². The van der Waals surface area contributed by atoms with E-state index in [4.69, 9.17) is 4.74 Å². The highest BCUT2D eigenvalue weighted by atomic mass is 19.4. The van der Waals surface area contributed by atoms with E-state index in [9.17, 15) is 18.0 Å². The second-order valence-corrected chi connectivity index (χ2v) is 5.20. The molecule has 0 bridgehead atoms. The Morgan fingerprint density at radius 3 is 2.45 bits per heavy atom. The first kappa shape index (κ1) is 14.6. The first-order valence-corrected chi connectivity index (χ1v) is 6.82. The number of methoxy groups -OCH3 is 1. The standard InChI is InChI=1S/C17H13F3O2/c1-22-12-8-10(7-11(9-12)17(18,19)20)13-3-2-4-15-14(13)5-6-16(15)21/h2-4,7-9H,5-6H2,1H3. The zero-order valence-electron chi connectivity index (χ0n) is 11.8. The Labute approximate surface area is 125 Å². The van der Waals surface area contributed by atoms with Crippen LogP contribution in [0, 0.1) is 0 Å². The molecular formula is C17H13F3O2. The summed E-state index contributed by atoms with van der Waals surface area (Å²) >= 11 is 0. The minimum absolute atomic E-state index is 0.0378. The third kappa shape index (κ3) is 2.47. The molecule has 2 nitrogen and oxygen atoms in total. The number of halogens is 3. The van der Waals surface area contributed by atoms with Crippen LogP contribution in [0.15, 0.2) is 36.4 Å². The second kappa shape index (κ2) is 5.16. The van der Waals surface area contributed by atoms with Crippen LogP contribution in [-0.2, 0) is 12.6 Å². The van der Waals surface area contributed by atoms with Gasteiger partial charge in [0, 0.05) is 12.0 Å². The van der Waals surface area contributed by atoms with Gasteiger partial charge in [-0.15, -0.1) is 0 Å². The number of rotatable bonds is 2. The maximum absolute atomic E-state index is 13.0. The molecule has 0 saturated carbocycles. The van der Waals surface area contributed by atoms with Gasteiger partial charge in [0.25, 0.3) is 0 Å². The van der Waals surface area contributed by atoms with Gasteiger partial charge in [0.05, 0.1) is 12.7 Å². The Morgan fingerprint density at radius 2 is 1.77 bits per heavy atom. The number of alkyl halides is 3. The largest absolute Gasteiger partial charge is 0.497 e. The Hall–Kier alpha value is -2.30. The normalized spacial score (nSPS) is 14.1. The Balaban J connectivity index is 2.19. The van der Waals surface area contributed by atoms with Gasteiger partial charge in [-0.1, -0.05) is 18.2 Å². The number of hydrogen-bond acceptors (Lipinski definition) is 2. The minimum atomic E-state index is -4.45. The topological polar surface area (TPSA) is 26.3 Å². The second-order valence-electron chi connectivity index (χ2n) is 5.20. The third-order valence-corrected chi connectivity index (χ3v) is 3.86. The first-order valence-electron chi connectivity index (χ1n) is 6.82. The summed E-state index contributed by atoms with van der Waals surface area (Å²) in [6, 6.07) is 8.79. The number of carbonyl (C=O) groups is 1. The summed E-state index contributed by atoms with van der Waals surface area (Å²) < 4.78 is 44.1. The molecule has 0 radical (unpaired) electrons. The number of benzene rings is 2. The molecule has 0 spiro atoms. The van der Waals surface area contributed by atoms with Crippen LogP contribution in [0.5, 0.6) is 5.75 Å². The predicted octanol–water partition coefficient (Wildman–Crippen LogP) is 4.51. The average Bonchev–Trinajstić information content (AvgIpc) is 2.87. The van der Waals surface area contributed by atoms with Crippen LogP contribution in [0.2, 0.25) is 0 Å². The summed E-state index contributed by atoms with van der Waals surface area (Å²) in [4.78, 5) is 11.8. The lowest BCUT2D eigenvalue weighted by atomic mass is 9.95. The average molecular weight is 306 g/mol. The summed E-state index contributed by atoms with van der Waals surface area (Å²) in [7, 11) is 1.33. The van der Waals surface area contributed by atoms with Crippen LogP contribution in [0.3, 0.4) is 0 Å². The molecule has 0 saturated heterocycles. The Morgan fingerprint density at radius 1 is 1.05 bits per heavy atom. The maximum atomic E-state index is 13.0. The monoisotopic (exact) mass is 306 g/mol. The van der Waals surface area contributed by atoms with E-state index in [0.29, 0.717) is 29.5 Å². The number of carbonyl (C=O) groups excluding carboxylic acids is 1. The van der Waals surface area contributed by atoms with E-state index in [2.05, 4.69) is 0 Å². The summed E-state index contributed by atoms with van der Waals surface area (Å²) in [6.45, 7) is 0. The van der Waals surface area contributed by atoms with Crippen molar-refractivity contribution in [3.8, 4) is 16.9 Å². The molecule has 2 aromatic rings. The Bertz CT molecular complexity index is 748. The van der Waals surface area contributed by atoms with Gasteiger partial charge >= 0.3 is 6.18 Å². The van der Waals surface area contributed by atoms with Gasteiger partial charge in [0.15, 0.2) is 5.78 Å². The molecule has 3 rings (SSSR count). The molecule has 22 heavy (non-hydrogen) atoms. The van der Waals surface area contributed by atoms with E-state index in [-0.39, 0.29) is 11.5 Å². The molecule has 5 heteroatoms. The summed E-state index contributed by atoms with van der Waals surface area (Å²) in [5.74, 6) is 0.183. The molecular weight excluding hydrogens is 293 g/mol. The van der Waals surface area contributed by atoms with E-state index >= 15 is 0 Å². The van der Waals surface area contributed by atoms with Crippen LogP contribution in [0.1, 0.15) is 27.9 Å². The van der Waals surface area contributed by atoms with Gasteiger partial charge in [-0.25, -0.2) is 0 Å². The molecule has 0 aliphatic heterocycles. The molecule has 2 aromatic carbocycles. The summed E-state index contributed by atoms with van der Waals surface area (Å²) in [5, 5.41) is 0. The highest BCUT2D eigenvalue weighted by Crippen LogP contribution is 2.38. The van der Waals surface area contributed by atoms with Crippen molar-refractivity contribution in [3.63, 3.8) is 0 Å². The van der Waals surface area contributed by atoms with E-state index in [1.807, 2.05) is 0 Å². The Kier molecular flexibility index (Phi) is 3.43. The van der Waals surface area contributed by atoms with Crippen molar-refractivity contribution in [2.24, 2.45) is 0 Å². The van der Waals surface area contributed by atoms with Gasteiger partial charge in [-0.3, -0.25) is 4.79 Å². The molecule has 0 unspecified atom stereocenters. The zero-order valence-corrected chi connectivity index (χ0v) is 11.8. The molecule has 0 heterocycles. The van der Waals surface area contributed by atoms with Crippen molar-refractivity contribution in [1.29, 1.82) is 0 Å². The summed E-state index contributed by atoms with van der Waals surface area (Å²) in [5.41, 5.74) is 1.73. The molecule has 0 atom stereocenters. The molecule has 114 valence electrons. The van der Waals surface area contributed by atoms with Crippen LogP contribution in [-0.4, -0.2) is 12.9 Å². The number of Topliss-reactive ketones (excluding diaryl/α,β-unsaturated/α-hetero) is 1. The van der Waals surface area contributed by atoms with Crippen molar-refractivity contribution >= 4 is 5.78 Å². The lowest BCUT2D eigenvalue weighted by Crippen LogP contribution is -2.05. The van der Waals surface area contributed by atoms with Gasteiger partial charge in [0.1, 0.15) is 5.75 Å². The van der Waals surface area contributed by atoms with Crippen molar-refractivity contribution < 1.29 is 22.7 Å². The van der Waals surface area contributed by atoms with Crippen molar-refractivity contribution in [3.05, 3.63) is 53.1 Å². The van der Waals surface area contributed by atoms with Crippen LogP contribution in [0.4, 0.5) is 13.2 Å². The quantitative estimate of drug-likeness (QED) is 0.816. The fourth-order valence-corrected chi connectivity index (χ4v) is 2.80. The third-order valence-electron chi connectivity index (χ3n) is 3.86. The number of ether oxygens (including phenoxy) is 1. The van der Waals surface area contributed by atoms with Crippen molar-refractivity contribution in [2.75, 3.05) is 7.11 Å². The van der Waals surface area contributed by atoms with E-state index in [0.717, 1.165) is 17.7 Å². The summed E-state index contributed by atoms with van der Waals surface area (Å²) in [6.07, 6.45) is -3.48. The number of hydrogen-bond donors (Lipinski definition) is 0. The van der Waals surface area contributed by atoms with Gasteiger partial charge < -0.3 is 4.74 Å². The fourth-order valence-electron chi connectivity index (χ4n) is 2.80. The minimum Gasteiger partial charge on any atom is -0.497 e. The molecule has 0 aromatic heterocycles. The zero-order chi connectivity index (χ0) is 15.9. The van der Waals surface area contributed by atoms with Gasteiger partial charge in [-0.05, 0) is 41.3 Å². The number of fused-ring (bicyclic) bond motifs is 1. The highest BCUT2D eigenvalue weighted by molar-refractivity contribution is 6.02. The highest BCUT2D eigenvalue weighted by Gasteiger charge is 2.32. The van der Waals surface area contributed by atoms with E-state index in [1.54, 1.807) is 24.3 Å². The lowest BCUT2D eigenvalue weighted by molar-refractivity contribution is -0.137. The smallest absolute Gasteiger partial charge is 0.416 e. The number of ketones is 1. The van der Waals surface area contributed by atoms with Gasteiger partial charge in [-0.2, -0.15) is 13.2 Å². The van der Waals surface area contributed by atoms with E-state index in [1.165, 1.54) is 7.11 Å². The molecule has 0 amide bonds. The molecule has 0 N–H and O–H groups in total. The predicted molar refractivity (Wildman–Crippen MR) is 76.1 cm³/mol. The molecule has 0 fully saturated rings. The maximum Gasteiger partial charge on any atom is 0.416 e. The van der Waals surface area contributed by atoms with Crippen molar-refractivity contribution in [2.45, 2.75) is 19.0 Å². The first-order chi connectivity index (χ1) is 10.4.